The third-order valence-electron chi connectivity index (χ3n) is 2.61. The molecule has 0 fully saturated rings. The van der Waals surface area contributed by atoms with Gasteiger partial charge in [0.25, 0.3) is 0 Å². The highest BCUT2D eigenvalue weighted by Crippen LogP contribution is 2.12. The summed E-state index contributed by atoms with van der Waals surface area (Å²) < 4.78 is 5.12. The van der Waals surface area contributed by atoms with Crippen molar-refractivity contribution >= 4 is 12.0 Å². The van der Waals surface area contributed by atoms with Crippen molar-refractivity contribution < 1.29 is 14.3 Å². The van der Waals surface area contributed by atoms with E-state index in [1.54, 1.807) is 7.05 Å². The molecule has 0 unspecified atom stereocenters. The van der Waals surface area contributed by atoms with Gasteiger partial charge in [0, 0.05) is 20.1 Å². The minimum atomic E-state index is -0.472. The van der Waals surface area contributed by atoms with Crippen molar-refractivity contribution in [1.82, 2.24) is 16.0 Å². The molecular weight excluding hydrogens is 258 g/mol. The van der Waals surface area contributed by atoms with E-state index in [0.717, 1.165) is 13.0 Å². The number of carbonyl (C=O) groups is 2. The third-order valence-corrected chi connectivity index (χ3v) is 2.61. The van der Waals surface area contributed by atoms with Gasteiger partial charge in [-0.25, -0.2) is 4.79 Å². The highest BCUT2D eigenvalue weighted by molar-refractivity contribution is 5.81. The summed E-state index contributed by atoms with van der Waals surface area (Å²) in [5, 5.41) is 8.54. The summed E-state index contributed by atoms with van der Waals surface area (Å²) in [7, 11) is 1.63. The second-order valence-corrected chi connectivity index (χ2v) is 6.42. The van der Waals surface area contributed by atoms with Crippen LogP contribution in [0.25, 0.3) is 0 Å². The lowest BCUT2D eigenvalue weighted by Crippen LogP contribution is -2.42. The molecule has 2 amide bonds. The zero-order chi connectivity index (χ0) is 15.8. The summed E-state index contributed by atoms with van der Waals surface area (Å²) in [6, 6.07) is 0. The highest BCUT2D eigenvalue weighted by atomic mass is 16.6. The van der Waals surface area contributed by atoms with E-state index in [4.69, 9.17) is 4.74 Å². The van der Waals surface area contributed by atoms with Crippen molar-refractivity contribution in [3.63, 3.8) is 0 Å². The number of amides is 2. The molecule has 6 nitrogen and oxygen atoms in total. The average molecular weight is 287 g/mol. The lowest BCUT2D eigenvalue weighted by atomic mass is 9.92. The molecule has 118 valence electrons. The van der Waals surface area contributed by atoms with E-state index in [0.29, 0.717) is 13.1 Å². The van der Waals surface area contributed by atoms with Crippen molar-refractivity contribution in [2.24, 2.45) is 5.41 Å². The van der Waals surface area contributed by atoms with Crippen LogP contribution in [0.4, 0.5) is 4.79 Å². The van der Waals surface area contributed by atoms with Gasteiger partial charge >= 0.3 is 6.09 Å². The Hall–Kier alpha value is -1.30. The lowest BCUT2D eigenvalue weighted by molar-refractivity contribution is -0.128. The van der Waals surface area contributed by atoms with E-state index in [1.807, 2.05) is 34.6 Å². The van der Waals surface area contributed by atoms with Crippen LogP contribution in [0.1, 0.15) is 41.0 Å². The molecule has 20 heavy (non-hydrogen) atoms. The van der Waals surface area contributed by atoms with Crippen molar-refractivity contribution in [2.45, 2.75) is 46.6 Å². The van der Waals surface area contributed by atoms with Crippen LogP contribution in [0.2, 0.25) is 0 Å². The number of nitrogens with one attached hydrogen (secondary N) is 3. The number of carbonyl (C=O) groups excluding carboxylic acids is 2. The quantitative estimate of drug-likeness (QED) is 0.616. The second-order valence-electron chi connectivity index (χ2n) is 6.42. The van der Waals surface area contributed by atoms with Gasteiger partial charge in [0.05, 0.1) is 5.41 Å². The molecule has 0 bridgehead atoms. The van der Waals surface area contributed by atoms with Crippen LogP contribution in [-0.4, -0.2) is 44.3 Å². The standard InChI is InChI=1S/C14H29N3O3/c1-13(2,3)20-12(19)17-9-7-8-16-10-14(4,5)11(18)15-6/h16H,7-10H2,1-6H3,(H,15,18)(H,17,19). The molecule has 0 atom stereocenters. The van der Waals surface area contributed by atoms with Gasteiger partial charge in [0.1, 0.15) is 5.60 Å². The molecule has 0 radical (unpaired) electrons. The van der Waals surface area contributed by atoms with Crippen LogP contribution >= 0.6 is 0 Å². The molecule has 0 saturated heterocycles. The zero-order valence-electron chi connectivity index (χ0n) is 13.6. The van der Waals surface area contributed by atoms with E-state index < -0.39 is 17.1 Å². The summed E-state index contributed by atoms with van der Waals surface area (Å²) in [6.45, 7) is 11.1. The molecular formula is C14H29N3O3. The second kappa shape index (κ2) is 8.09. The minimum Gasteiger partial charge on any atom is -0.444 e. The van der Waals surface area contributed by atoms with Crippen LogP contribution < -0.4 is 16.0 Å². The Labute approximate surface area is 122 Å². The van der Waals surface area contributed by atoms with E-state index in [1.165, 1.54) is 0 Å². The molecule has 0 aliphatic heterocycles. The number of rotatable bonds is 7. The Morgan fingerprint density at radius 3 is 2.15 bits per heavy atom. The van der Waals surface area contributed by atoms with Crippen molar-refractivity contribution in [2.75, 3.05) is 26.7 Å². The summed E-state index contributed by atoms with van der Waals surface area (Å²) >= 11 is 0. The molecule has 0 aromatic rings. The molecule has 0 spiro atoms. The van der Waals surface area contributed by atoms with E-state index >= 15 is 0 Å². The summed E-state index contributed by atoms with van der Waals surface area (Å²) in [5.74, 6) is 0.0110. The molecule has 0 aliphatic rings. The smallest absolute Gasteiger partial charge is 0.407 e. The highest BCUT2D eigenvalue weighted by Gasteiger charge is 2.25. The fourth-order valence-electron chi connectivity index (χ4n) is 1.54. The number of hydrogen-bond acceptors (Lipinski definition) is 4. The first kappa shape index (κ1) is 18.7. The van der Waals surface area contributed by atoms with Gasteiger partial charge in [-0.2, -0.15) is 0 Å². The average Bonchev–Trinajstić information content (AvgIpc) is 2.30. The Bertz CT molecular complexity index is 322. The van der Waals surface area contributed by atoms with Gasteiger partial charge in [-0.1, -0.05) is 0 Å². The maximum atomic E-state index is 11.6. The molecule has 6 heteroatoms. The maximum absolute atomic E-state index is 11.6. The van der Waals surface area contributed by atoms with E-state index in [-0.39, 0.29) is 5.91 Å². The predicted octanol–water partition coefficient (Wildman–Crippen LogP) is 1.26. The molecule has 0 aromatic heterocycles. The molecule has 0 aliphatic carbocycles. The first-order chi connectivity index (χ1) is 9.08. The van der Waals surface area contributed by atoms with Gasteiger partial charge in [0.15, 0.2) is 0 Å². The largest absolute Gasteiger partial charge is 0.444 e. The number of hydrogen-bond donors (Lipinski definition) is 3. The first-order valence-electron chi connectivity index (χ1n) is 6.98. The summed E-state index contributed by atoms with van der Waals surface area (Å²) in [4.78, 5) is 22.9. The van der Waals surface area contributed by atoms with Crippen LogP contribution in [0.3, 0.4) is 0 Å². The van der Waals surface area contributed by atoms with E-state index in [9.17, 15) is 9.59 Å². The Morgan fingerprint density at radius 1 is 1.05 bits per heavy atom. The minimum absolute atomic E-state index is 0.0110. The topological polar surface area (TPSA) is 79.5 Å². The lowest BCUT2D eigenvalue weighted by Gasteiger charge is -2.23. The molecule has 3 N–H and O–H groups in total. The normalized spacial score (nSPS) is 11.9. The first-order valence-corrected chi connectivity index (χ1v) is 6.98. The Kier molecular flexibility index (Phi) is 7.57. The fourth-order valence-corrected chi connectivity index (χ4v) is 1.54. The van der Waals surface area contributed by atoms with Crippen molar-refractivity contribution in [3.8, 4) is 0 Å². The molecule has 0 aromatic carbocycles. The number of ether oxygens (including phenoxy) is 1. The fraction of sp³-hybridized carbons (Fsp3) is 0.857. The Balaban J connectivity index is 3.69. The van der Waals surface area contributed by atoms with Crippen molar-refractivity contribution in [1.29, 1.82) is 0 Å². The van der Waals surface area contributed by atoms with Crippen molar-refractivity contribution in [3.05, 3.63) is 0 Å². The third kappa shape index (κ3) is 8.74. The van der Waals surface area contributed by atoms with Crippen LogP contribution in [0, 0.1) is 5.41 Å². The van der Waals surface area contributed by atoms with Gasteiger partial charge in [-0.05, 0) is 47.6 Å². The zero-order valence-corrected chi connectivity index (χ0v) is 13.6. The van der Waals surface area contributed by atoms with Gasteiger partial charge in [-0.3, -0.25) is 4.79 Å². The molecule has 0 saturated carbocycles. The Morgan fingerprint density at radius 2 is 1.65 bits per heavy atom. The monoisotopic (exact) mass is 287 g/mol. The summed E-state index contributed by atoms with van der Waals surface area (Å²) in [5.41, 5.74) is -0.910. The number of alkyl carbamates (subject to hydrolysis) is 1. The van der Waals surface area contributed by atoms with Crippen LogP contribution in [-0.2, 0) is 9.53 Å². The molecule has 0 rings (SSSR count). The predicted molar refractivity (Wildman–Crippen MR) is 79.6 cm³/mol. The van der Waals surface area contributed by atoms with Crippen LogP contribution in [0.15, 0.2) is 0 Å². The summed E-state index contributed by atoms with van der Waals surface area (Å²) in [6.07, 6.45) is 0.381. The van der Waals surface area contributed by atoms with Gasteiger partial charge in [0.2, 0.25) is 5.91 Å². The van der Waals surface area contributed by atoms with Gasteiger partial charge in [-0.15, -0.1) is 0 Å². The maximum Gasteiger partial charge on any atom is 0.407 e. The van der Waals surface area contributed by atoms with Crippen LogP contribution in [0.5, 0.6) is 0 Å². The molecule has 0 heterocycles. The van der Waals surface area contributed by atoms with E-state index in [2.05, 4.69) is 16.0 Å². The SMILES string of the molecule is CNC(=O)C(C)(C)CNCCCNC(=O)OC(C)(C)C. The van der Waals surface area contributed by atoms with Gasteiger partial charge < -0.3 is 20.7 Å².